The number of benzene rings is 1. The highest BCUT2D eigenvalue weighted by Gasteiger charge is 2.18. The van der Waals surface area contributed by atoms with Crippen LogP contribution in [-0.4, -0.2) is 34.6 Å². The van der Waals surface area contributed by atoms with E-state index in [1.807, 2.05) is 18.2 Å². The van der Waals surface area contributed by atoms with Crippen molar-refractivity contribution >= 4 is 21.8 Å². The fourth-order valence-corrected chi connectivity index (χ4v) is 2.35. The lowest BCUT2D eigenvalue weighted by molar-refractivity contribution is 0.0781. The van der Waals surface area contributed by atoms with Crippen molar-refractivity contribution in [2.75, 3.05) is 13.6 Å². The first-order valence-electron chi connectivity index (χ1n) is 6.09. The number of amides is 1. The fourth-order valence-electron chi connectivity index (χ4n) is 1.99. The molecule has 0 radical (unpaired) electrons. The normalized spacial score (nSPS) is 12.2. The Kier molecular flexibility index (Phi) is 4.37. The van der Waals surface area contributed by atoms with Gasteiger partial charge in [-0.25, -0.2) is 0 Å². The zero-order valence-electron chi connectivity index (χ0n) is 10.9. The molecule has 5 heteroatoms. The number of H-pyrrole nitrogens is 1. The molecule has 0 bridgehead atoms. The van der Waals surface area contributed by atoms with E-state index in [1.165, 1.54) is 5.56 Å². The third-order valence-corrected chi connectivity index (χ3v) is 3.67. The Morgan fingerprint density at radius 3 is 2.68 bits per heavy atom. The molecule has 0 spiro atoms. The van der Waals surface area contributed by atoms with Crippen molar-refractivity contribution in [1.29, 1.82) is 0 Å². The van der Waals surface area contributed by atoms with E-state index in [9.17, 15) is 4.79 Å². The lowest BCUT2D eigenvalue weighted by atomic mass is 10.0. The molecule has 0 aliphatic rings. The molecule has 2 rings (SSSR count). The molecular formula is C14H16BrN3O. The van der Waals surface area contributed by atoms with E-state index in [0.29, 0.717) is 16.7 Å². The average Bonchev–Trinajstić information content (AvgIpc) is 2.85. The van der Waals surface area contributed by atoms with Crippen LogP contribution in [0.1, 0.15) is 28.9 Å². The number of aromatic nitrogens is 2. The van der Waals surface area contributed by atoms with Crippen molar-refractivity contribution in [2.45, 2.75) is 12.8 Å². The Bertz CT molecular complexity index is 553. The molecule has 0 aliphatic carbocycles. The maximum absolute atomic E-state index is 12.2. The van der Waals surface area contributed by atoms with Crippen LogP contribution in [0.2, 0.25) is 0 Å². The Labute approximate surface area is 120 Å². The molecule has 1 heterocycles. The van der Waals surface area contributed by atoms with Gasteiger partial charge in [-0.3, -0.25) is 9.89 Å². The van der Waals surface area contributed by atoms with Gasteiger partial charge in [-0.05, 0) is 27.4 Å². The SMILES string of the molecule is C[C@@H](CN(C)C(=O)c1[nH]ncc1Br)c1ccccc1. The number of rotatable bonds is 4. The van der Waals surface area contributed by atoms with Crippen LogP contribution in [-0.2, 0) is 0 Å². The standard InChI is InChI=1S/C14H16BrN3O/c1-10(11-6-4-3-5-7-11)9-18(2)14(19)13-12(15)8-16-17-13/h3-8,10H,9H2,1-2H3,(H,16,17)/t10-/m0/s1. The highest BCUT2D eigenvalue weighted by atomic mass is 79.9. The Morgan fingerprint density at radius 2 is 2.11 bits per heavy atom. The number of carbonyl (C=O) groups excluding carboxylic acids is 1. The summed E-state index contributed by atoms with van der Waals surface area (Å²) in [5.41, 5.74) is 1.72. The van der Waals surface area contributed by atoms with Crippen LogP contribution in [0.3, 0.4) is 0 Å². The summed E-state index contributed by atoms with van der Waals surface area (Å²) in [5.74, 6) is 0.226. The van der Waals surface area contributed by atoms with Crippen molar-refractivity contribution in [2.24, 2.45) is 0 Å². The van der Waals surface area contributed by atoms with Crippen LogP contribution in [0.5, 0.6) is 0 Å². The molecule has 4 nitrogen and oxygen atoms in total. The predicted octanol–water partition coefficient (Wildman–Crippen LogP) is 3.05. The van der Waals surface area contributed by atoms with Gasteiger partial charge in [-0.15, -0.1) is 0 Å². The second kappa shape index (κ2) is 6.02. The Morgan fingerprint density at radius 1 is 1.42 bits per heavy atom. The van der Waals surface area contributed by atoms with Gasteiger partial charge in [0, 0.05) is 13.6 Å². The number of nitrogens with one attached hydrogen (secondary N) is 1. The summed E-state index contributed by atoms with van der Waals surface area (Å²) in [6.07, 6.45) is 1.59. The van der Waals surface area contributed by atoms with Crippen LogP contribution in [0.25, 0.3) is 0 Å². The van der Waals surface area contributed by atoms with Crippen LogP contribution < -0.4 is 0 Å². The van der Waals surface area contributed by atoms with E-state index in [4.69, 9.17) is 0 Å². The molecule has 100 valence electrons. The van der Waals surface area contributed by atoms with Crippen LogP contribution >= 0.6 is 15.9 Å². The summed E-state index contributed by atoms with van der Waals surface area (Å²) < 4.78 is 0.691. The largest absolute Gasteiger partial charge is 0.340 e. The number of aromatic amines is 1. The highest BCUT2D eigenvalue weighted by Crippen LogP contribution is 2.18. The van der Waals surface area contributed by atoms with Crippen molar-refractivity contribution in [3.05, 3.63) is 52.3 Å². The second-order valence-electron chi connectivity index (χ2n) is 4.59. The molecule has 0 fully saturated rings. The van der Waals surface area contributed by atoms with Crippen LogP contribution in [0.4, 0.5) is 0 Å². The van der Waals surface area contributed by atoms with Gasteiger partial charge in [0.2, 0.25) is 0 Å². The predicted molar refractivity (Wildman–Crippen MR) is 78.1 cm³/mol. The third kappa shape index (κ3) is 3.23. The molecule has 1 aromatic heterocycles. The number of likely N-dealkylation sites (N-methyl/N-ethyl adjacent to an activating group) is 1. The van der Waals surface area contributed by atoms with Crippen molar-refractivity contribution in [3.63, 3.8) is 0 Å². The van der Waals surface area contributed by atoms with Gasteiger partial charge in [0.25, 0.3) is 5.91 Å². The molecule has 0 aliphatic heterocycles. The smallest absolute Gasteiger partial charge is 0.272 e. The molecule has 1 amide bonds. The minimum atomic E-state index is -0.0628. The van der Waals surface area contributed by atoms with Crippen molar-refractivity contribution in [1.82, 2.24) is 15.1 Å². The van der Waals surface area contributed by atoms with Gasteiger partial charge >= 0.3 is 0 Å². The molecule has 0 saturated carbocycles. The summed E-state index contributed by atoms with van der Waals surface area (Å²) in [6.45, 7) is 2.77. The van der Waals surface area contributed by atoms with Gasteiger partial charge < -0.3 is 4.90 Å². The quantitative estimate of drug-likeness (QED) is 0.940. The molecule has 2 aromatic rings. The van der Waals surface area contributed by atoms with Gasteiger partial charge in [0.15, 0.2) is 0 Å². The maximum atomic E-state index is 12.2. The molecule has 19 heavy (non-hydrogen) atoms. The fraction of sp³-hybridized carbons (Fsp3) is 0.286. The summed E-state index contributed by atoms with van der Waals surface area (Å²) in [4.78, 5) is 13.9. The van der Waals surface area contributed by atoms with E-state index >= 15 is 0 Å². The molecule has 1 atom stereocenters. The number of carbonyl (C=O) groups is 1. The van der Waals surface area contributed by atoms with Gasteiger partial charge in [-0.1, -0.05) is 37.3 Å². The number of hydrogen-bond donors (Lipinski definition) is 1. The minimum absolute atomic E-state index is 0.0628. The molecule has 1 aromatic carbocycles. The van der Waals surface area contributed by atoms with Crippen molar-refractivity contribution < 1.29 is 4.79 Å². The average molecular weight is 322 g/mol. The maximum Gasteiger partial charge on any atom is 0.272 e. The Hall–Kier alpha value is -1.62. The Balaban J connectivity index is 2.04. The van der Waals surface area contributed by atoms with E-state index < -0.39 is 0 Å². The first-order valence-corrected chi connectivity index (χ1v) is 6.88. The molecule has 0 unspecified atom stereocenters. The number of halogens is 1. The second-order valence-corrected chi connectivity index (χ2v) is 5.44. The van der Waals surface area contributed by atoms with Crippen LogP contribution in [0.15, 0.2) is 41.0 Å². The number of nitrogens with zero attached hydrogens (tertiary/aromatic N) is 2. The van der Waals surface area contributed by atoms with Gasteiger partial charge in [0.1, 0.15) is 5.69 Å². The molecule has 0 saturated heterocycles. The van der Waals surface area contributed by atoms with E-state index in [2.05, 4.69) is 45.2 Å². The van der Waals surface area contributed by atoms with E-state index in [1.54, 1.807) is 18.1 Å². The zero-order chi connectivity index (χ0) is 13.8. The van der Waals surface area contributed by atoms with E-state index in [-0.39, 0.29) is 11.8 Å². The lowest BCUT2D eigenvalue weighted by Crippen LogP contribution is -2.30. The zero-order valence-corrected chi connectivity index (χ0v) is 12.5. The van der Waals surface area contributed by atoms with Crippen LogP contribution in [0, 0.1) is 0 Å². The number of hydrogen-bond acceptors (Lipinski definition) is 2. The summed E-state index contributed by atoms with van der Waals surface area (Å²) in [5, 5.41) is 6.55. The monoisotopic (exact) mass is 321 g/mol. The molecular weight excluding hydrogens is 306 g/mol. The summed E-state index contributed by atoms with van der Waals surface area (Å²) in [6, 6.07) is 10.2. The van der Waals surface area contributed by atoms with Gasteiger partial charge in [0.05, 0.1) is 10.7 Å². The minimum Gasteiger partial charge on any atom is -0.340 e. The summed E-state index contributed by atoms with van der Waals surface area (Å²) >= 11 is 3.31. The first kappa shape index (κ1) is 13.8. The third-order valence-electron chi connectivity index (χ3n) is 3.07. The molecule has 1 N–H and O–H groups in total. The van der Waals surface area contributed by atoms with E-state index in [0.717, 1.165) is 0 Å². The topological polar surface area (TPSA) is 49.0 Å². The summed E-state index contributed by atoms with van der Waals surface area (Å²) in [7, 11) is 1.80. The highest BCUT2D eigenvalue weighted by molar-refractivity contribution is 9.10. The lowest BCUT2D eigenvalue weighted by Gasteiger charge is -2.21. The first-order chi connectivity index (χ1) is 9.09. The van der Waals surface area contributed by atoms with Gasteiger partial charge in [-0.2, -0.15) is 5.10 Å². The van der Waals surface area contributed by atoms with Crippen molar-refractivity contribution in [3.8, 4) is 0 Å².